The number of aryl methyl sites for hydroxylation is 2. The van der Waals surface area contributed by atoms with Crippen LogP contribution in [0, 0.1) is 13.8 Å². The molecule has 2 aromatic rings. The van der Waals surface area contributed by atoms with Crippen LogP contribution < -0.4 is 10.1 Å². The first-order valence-corrected chi connectivity index (χ1v) is 8.53. The molecule has 0 saturated carbocycles. The zero-order valence-corrected chi connectivity index (χ0v) is 16.0. The summed E-state index contributed by atoms with van der Waals surface area (Å²) in [7, 11) is 1.55. The Bertz CT molecular complexity index is 769. The van der Waals surface area contributed by atoms with Crippen LogP contribution in [0.2, 0.25) is 0 Å². The van der Waals surface area contributed by atoms with Gasteiger partial charge in [0.15, 0.2) is 0 Å². The lowest BCUT2D eigenvalue weighted by molar-refractivity contribution is -0.143. The summed E-state index contributed by atoms with van der Waals surface area (Å²) < 4.78 is 11.3. The van der Waals surface area contributed by atoms with Crippen molar-refractivity contribution in [2.24, 2.45) is 0 Å². The van der Waals surface area contributed by atoms with Crippen molar-refractivity contribution in [3.05, 3.63) is 63.1 Å². The second-order valence-corrected chi connectivity index (χ2v) is 6.59. The number of methoxy groups -OCH3 is 1. The lowest BCUT2D eigenvalue weighted by Crippen LogP contribution is -2.30. The Balaban J connectivity index is 1.88. The van der Waals surface area contributed by atoms with Crippen molar-refractivity contribution < 1.29 is 19.1 Å². The Hall–Kier alpha value is -2.34. The van der Waals surface area contributed by atoms with Crippen LogP contribution >= 0.6 is 15.9 Å². The van der Waals surface area contributed by atoms with Gasteiger partial charge in [-0.15, -0.1) is 0 Å². The van der Waals surface area contributed by atoms with Crippen LogP contribution in [0.3, 0.4) is 0 Å². The molecule has 0 aliphatic rings. The third-order valence-electron chi connectivity index (χ3n) is 3.51. The fourth-order valence-electron chi connectivity index (χ4n) is 2.43. The molecule has 5 nitrogen and oxygen atoms in total. The highest BCUT2D eigenvalue weighted by Crippen LogP contribution is 2.23. The first kappa shape index (κ1) is 19.0. The van der Waals surface area contributed by atoms with E-state index in [1.807, 2.05) is 32.0 Å². The number of halogens is 1. The molecule has 0 spiro atoms. The quantitative estimate of drug-likeness (QED) is 0.746. The van der Waals surface area contributed by atoms with E-state index in [2.05, 4.69) is 21.2 Å². The molecule has 0 atom stereocenters. The molecule has 0 aliphatic carbocycles. The molecule has 2 aromatic carbocycles. The van der Waals surface area contributed by atoms with Crippen LogP contribution in [0.4, 0.5) is 0 Å². The van der Waals surface area contributed by atoms with Crippen molar-refractivity contribution in [1.29, 1.82) is 0 Å². The number of hydrogen-bond donors (Lipinski definition) is 1. The number of carbonyl (C=O) groups is 2. The van der Waals surface area contributed by atoms with Crippen LogP contribution in [0.5, 0.6) is 5.75 Å². The number of hydrogen-bond acceptors (Lipinski definition) is 4. The van der Waals surface area contributed by atoms with E-state index in [1.54, 1.807) is 25.3 Å². The van der Waals surface area contributed by atoms with Gasteiger partial charge in [-0.1, -0.05) is 33.1 Å². The van der Waals surface area contributed by atoms with Crippen LogP contribution in [0.1, 0.15) is 27.0 Å². The second-order valence-electron chi connectivity index (χ2n) is 5.68. The lowest BCUT2D eigenvalue weighted by Gasteiger charge is -2.10. The van der Waals surface area contributed by atoms with Crippen molar-refractivity contribution >= 4 is 27.8 Å². The Morgan fingerprint density at radius 3 is 2.40 bits per heavy atom. The molecule has 25 heavy (non-hydrogen) atoms. The van der Waals surface area contributed by atoms with E-state index in [0.717, 1.165) is 21.2 Å². The van der Waals surface area contributed by atoms with Crippen molar-refractivity contribution in [2.45, 2.75) is 20.5 Å². The van der Waals surface area contributed by atoms with E-state index >= 15 is 0 Å². The zero-order valence-electron chi connectivity index (χ0n) is 14.4. The normalized spacial score (nSPS) is 10.2. The molecule has 0 fully saturated rings. The molecule has 0 bridgehead atoms. The summed E-state index contributed by atoms with van der Waals surface area (Å²) in [4.78, 5) is 24.0. The average Bonchev–Trinajstić information content (AvgIpc) is 2.57. The maximum atomic E-state index is 12.1. The molecule has 0 aliphatic heterocycles. The summed E-state index contributed by atoms with van der Waals surface area (Å²) in [5.41, 5.74) is 3.26. The minimum atomic E-state index is -0.514. The number of rotatable bonds is 6. The van der Waals surface area contributed by atoms with Gasteiger partial charge in [0.2, 0.25) is 0 Å². The highest BCUT2D eigenvalue weighted by Gasteiger charge is 2.11. The fourth-order valence-corrected chi connectivity index (χ4v) is 2.84. The van der Waals surface area contributed by atoms with Gasteiger partial charge >= 0.3 is 5.97 Å². The number of ether oxygens (including phenoxy) is 2. The number of esters is 1. The lowest BCUT2D eigenvalue weighted by atomic mass is 10.1. The van der Waals surface area contributed by atoms with Gasteiger partial charge in [0.25, 0.3) is 5.91 Å². The number of nitrogens with one attached hydrogen (secondary N) is 1. The van der Waals surface area contributed by atoms with Crippen LogP contribution in [-0.2, 0) is 16.1 Å². The third kappa shape index (κ3) is 5.60. The predicted molar refractivity (Wildman–Crippen MR) is 98.7 cm³/mol. The first-order chi connectivity index (χ1) is 11.9. The molecule has 132 valence electrons. The van der Waals surface area contributed by atoms with Gasteiger partial charge in [-0.3, -0.25) is 9.59 Å². The van der Waals surface area contributed by atoms with E-state index in [0.29, 0.717) is 11.3 Å². The van der Waals surface area contributed by atoms with E-state index in [1.165, 1.54) is 0 Å². The van der Waals surface area contributed by atoms with Crippen molar-refractivity contribution in [1.82, 2.24) is 5.32 Å². The van der Waals surface area contributed by atoms with Gasteiger partial charge in [-0.25, -0.2) is 0 Å². The second kappa shape index (κ2) is 8.67. The van der Waals surface area contributed by atoms with E-state index in [9.17, 15) is 9.59 Å². The van der Waals surface area contributed by atoms with Gasteiger partial charge in [0.05, 0.1) is 7.11 Å². The highest BCUT2D eigenvalue weighted by molar-refractivity contribution is 9.10. The summed E-state index contributed by atoms with van der Waals surface area (Å²) >= 11 is 3.37. The van der Waals surface area contributed by atoms with Gasteiger partial charge in [-0.05, 0) is 44.2 Å². The molecular formula is C19H20BrNO4. The summed E-state index contributed by atoms with van der Waals surface area (Å²) in [5.74, 6) is -0.182. The van der Waals surface area contributed by atoms with E-state index < -0.39 is 5.97 Å². The van der Waals surface area contributed by atoms with Crippen LogP contribution in [0.25, 0.3) is 0 Å². The Kier molecular flexibility index (Phi) is 6.58. The Morgan fingerprint density at radius 2 is 1.76 bits per heavy atom. The smallest absolute Gasteiger partial charge is 0.325 e. The zero-order chi connectivity index (χ0) is 18.4. The van der Waals surface area contributed by atoms with Gasteiger partial charge in [0.1, 0.15) is 18.9 Å². The van der Waals surface area contributed by atoms with Crippen LogP contribution in [-0.4, -0.2) is 25.5 Å². The van der Waals surface area contributed by atoms with Crippen molar-refractivity contribution in [2.75, 3.05) is 13.7 Å². The largest absolute Gasteiger partial charge is 0.496 e. The fraction of sp³-hybridized carbons (Fsp3) is 0.263. The Labute approximate surface area is 155 Å². The molecule has 0 saturated heterocycles. The van der Waals surface area contributed by atoms with Gasteiger partial charge in [0, 0.05) is 15.6 Å². The summed E-state index contributed by atoms with van der Waals surface area (Å²) in [6.07, 6.45) is 0. The van der Waals surface area contributed by atoms with E-state index in [-0.39, 0.29) is 19.1 Å². The molecule has 0 unspecified atom stereocenters. The molecule has 6 heteroatoms. The monoisotopic (exact) mass is 405 g/mol. The minimum absolute atomic E-state index is 0.0703. The molecule has 1 amide bonds. The predicted octanol–water partition coefficient (Wildman–Crippen LogP) is 3.55. The first-order valence-electron chi connectivity index (χ1n) is 7.73. The minimum Gasteiger partial charge on any atom is -0.496 e. The highest BCUT2D eigenvalue weighted by atomic mass is 79.9. The molecule has 1 N–H and O–H groups in total. The van der Waals surface area contributed by atoms with E-state index in [4.69, 9.17) is 9.47 Å². The van der Waals surface area contributed by atoms with Crippen molar-refractivity contribution in [3.63, 3.8) is 0 Å². The maximum absolute atomic E-state index is 12.1. The summed E-state index contributed by atoms with van der Waals surface area (Å²) in [6, 6.07) is 11.0. The topological polar surface area (TPSA) is 64.6 Å². The Morgan fingerprint density at radius 1 is 1.08 bits per heavy atom. The van der Waals surface area contributed by atoms with Crippen molar-refractivity contribution in [3.8, 4) is 5.75 Å². The van der Waals surface area contributed by atoms with Crippen LogP contribution in [0.15, 0.2) is 40.9 Å². The number of amides is 1. The van der Waals surface area contributed by atoms with Gasteiger partial charge in [-0.2, -0.15) is 0 Å². The molecule has 0 radical (unpaired) electrons. The maximum Gasteiger partial charge on any atom is 0.325 e. The summed E-state index contributed by atoms with van der Waals surface area (Å²) in [6.45, 7) is 3.72. The number of carbonyl (C=O) groups excluding carboxylic acids is 2. The standard InChI is InChI=1S/C19H20BrNO4/c1-12-6-13(2)8-14(7-12)19(23)21-10-18(22)25-11-15-9-16(20)4-5-17(15)24-3/h4-9H,10-11H2,1-3H3,(H,21,23). The molecular weight excluding hydrogens is 386 g/mol. The number of benzene rings is 2. The molecule has 0 heterocycles. The SMILES string of the molecule is COc1ccc(Br)cc1COC(=O)CNC(=O)c1cc(C)cc(C)c1. The third-order valence-corrected chi connectivity index (χ3v) is 4.00. The molecule has 0 aromatic heterocycles. The summed E-state index contributed by atoms with van der Waals surface area (Å²) in [5, 5.41) is 2.58. The van der Waals surface area contributed by atoms with Gasteiger partial charge < -0.3 is 14.8 Å². The average molecular weight is 406 g/mol. The molecule has 2 rings (SSSR count).